The number of nitrogens with one attached hydrogen (secondary N) is 1. The average Bonchev–Trinajstić information content (AvgIpc) is 3.28. The fourth-order valence-electron chi connectivity index (χ4n) is 4.04. The van der Waals surface area contributed by atoms with Gasteiger partial charge in [-0.15, -0.1) is 0 Å². The van der Waals surface area contributed by atoms with Crippen molar-refractivity contribution in [2.45, 2.75) is 13.8 Å². The Balaban J connectivity index is 1.75. The molecule has 174 valence electrons. The topological polar surface area (TPSA) is 69.9 Å². The highest BCUT2D eigenvalue weighted by atomic mass is 16.5. The van der Waals surface area contributed by atoms with Crippen molar-refractivity contribution in [2.75, 3.05) is 26.6 Å². The first kappa shape index (κ1) is 23.0. The maximum Gasteiger partial charge on any atom is 0.248 e. The lowest BCUT2D eigenvalue weighted by atomic mass is 9.96. The van der Waals surface area contributed by atoms with E-state index in [1.54, 1.807) is 39.7 Å². The van der Waals surface area contributed by atoms with Crippen LogP contribution in [0.25, 0.3) is 27.7 Å². The number of fused-ring (bicyclic) bond motifs is 1. The predicted octanol–water partition coefficient (Wildman–Crippen LogP) is 6.48. The maximum atomic E-state index is 12.8. The quantitative estimate of drug-likeness (QED) is 0.322. The van der Waals surface area contributed by atoms with Crippen molar-refractivity contribution in [1.82, 2.24) is 0 Å². The Morgan fingerprint density at radius 3 is 2.35 bits per heavy atom. The van der Waals surface area contributed by atoms with Crippen molar-refractivity contribution in [1.29, 1.82) is 0 Å². The molecule has 4 rings (SSSR count). The number of furan rings is 1. The van der Waals surface area contributed by atoms with E-state index in [-0.39, 0.29) is 5.91 Å². The second kappa shape index (κ2) is 9.75. The molecule has 0 fully saturated rings. The van der Waals surface area contributed by atoms with Crippen LogP contribution >= 0.6 is 0 Å². The van der Waals surface area contributed by atoms with E-state index in [1.165, 1.54) is 0 Å². The largest absolute Gasteiger partial charge is 0.497 e. The van der Waals surface area contributed by atoms with Gasteiger partial charge in [-0.05, 0) is 55.3 Å². The van der Waals surface area contributed by atoms with Gasteiger partial charge in [-0.2, -0.15) is 0 Å². The zero-order chi connectivity index (χ0) is 24.2. The molecule has 0 radical (unpaired) electrons. The van der Waals surface area contributed by atoms with Crippen LogP contribution in [0.5, 0.6) is 17.2 Å². The van der Waals surface area contributed by atoms with Gasteiger partial charge in [0.25, 0.3) is 0 Å². The molecule has 0 atom stereocenters. The van der Waals surface area contributed by atoms with Crippen LogP contribution in [-0.2, 0) is 4.79 Å². The molecule has 34 heavy (non-hydrogen) atoms. The predicted molar refractivity (Wildman–Crippen MR) is 135 cm³/mol. The molecule has 0 aliphatic rings. The highest BCUT2D eigenvalue weighted by Gasteiger charge is 2.19. The third kappa shape index (κ3) is 4.48. The van der Waals surface area contributed by atoms with Gasteiger partial charge in [-0.25, -0.2) is 0 Å². The SMILES string of the molecule is COc1cccc(NC(=O)/C=C(\C)c2cc3c(-c4cccc(OC)c4)coc3c(C)c2OC)c1. The van der Waals surface area contributed by atoms with Crippen LogP contribution < -0.4 is 19.5 Å². The smallest absolute Gasteiger partial charge is 0.248 e. The summed E-state index contributed by atoms with van der Waals surface area (Å²) in [5, 5.41) is 3.82. The molecular formula is C28H27NO5. The first-order valence-electron chi connectivity index (χ1n) is 10.8. The molecule has 1 N–H and O–H groups in total. The van der Waals surface area contributed by atoms with Crippen molar-refractivity contribution in [2.24, 2.45) is 0 Å². The maximum absolute atomic E-state index is 12.8. The average molecular weight is 458 g/mol. The fourth-order valence-corrected chi connectivity index (χ4v) is 4.04. The third-order valence-electron chi connectivity index (χ3n) is 5.74. The Hall–Kier alpha value is -4.19. The number of carbonyl (C=O) groups excluding carboxylic acids is 1. The molecule has 6 nitrogen and oxygen atoms in total. The second-order valence-electron chi connectivity index (χ2n) is 7.89. The van der Waals surface area contributed by atoms with Gasteiger partial charge in [0.15, 0.2) is 0 Å². The lowest BCUT2D eigenvalue weighted by Gasteiger charge is -2.13. The van der Waals surface area contributed by atoms with E-state index >= 15 is 0 Å². The van der Waals surface area contributed by atoms with Crippen molar-refractivity contribution in [3.8, 4) is 28.4 Å². The number of allylic oxidation sites excluding steroid dienone is 1. The molecule has 1 heterocycles. The minimum Gasteiger partial charge on any atom is -0.497 e. The molecule has 6 heteroatoms. The molecule has 4 aromatic rings. The summed E-state index contributed by atoms with van der Waals surface area (Å²) >= 11 is 0. The minimum atomic E-state index is -0.245. The molecule has 0 bridgehead atoms. The number of hydrogen-bond acceptors (Lipinski definition) is 5. The first-order valence-corrected chi connectivity index (χ1v) is 10.8. The van der Waals surface area contributed by atoms with Crippen LogP contribution in [0.4, 0.5) is 5.69 Å². The number of anilines is 1. The highest BCUT2D eigenvalue weighted by Crippen LogP contribution is 2.41. The van der Waals surface area contributed by atoms with Gasteiger partial charge >= 0.3 is 0 Å². The van der Waals surface area contributed by atoms with Gasteiger partial charge in [0, 0.05) is 39.9 Å². The number of hydrogen-bond donors (Lipinski definition) is 1. The number of aryl methyl sites for hydroxylation is 1. The lowest BCUT2D eigenvalue weighted by Crippen LogP contribution is -2.08. The standard InChI is InChI=1S/C28H27NO5/c1-17(12-26(30)29-20-9-7-11-22(14-20)32-4)23-15-24-25(19-8-6-10-21(13-19)31-3)16-34-28(24)18(2)27(23)33-5/h6-16H,1-5H3,(H,29,30)/b17-12+. The Labute approximate surface area is 198 Å². The summed E-state index contributed by atoms with van der Waals surface area (Å²) in [7, 11) is 4.85. The molecule has 0 aliphatic carbocycles. The molecule has 0 spiro atoms. The van der Waals surface area contributed by atoms with Gasteiger partial charge in [0.2, 0.25) is 5.91 Å². The number of carbonyl (C=O) groups is 1. The van der Waals surface area contributed by atoms with Gasteiger partial charge in [-0.3, -0.25) is 4.79 Å². The lowest BCUT2D eigenvalue weighted by molar-refractivity contribution is -0.111. The molecule has 1 amide bonds. The zero-order valence-electron chi connectivity index (χ0n) is 19.9. The molecule has 3 aromatic carbocycles. The molecule has 1 aromatic heterocycles. The Morgan fingerprint density at radius 1 is 0.941 bits per heavy atom. The van der Waals surface area contributed by atoms with Crippen LogP contribution in [0.15, 0.2) is 71.4 Å². The van der Waals surface area contributed by atoms with Gasteiger partial charge in [-0.1, -0.05) is 18.2 Å². The van der Waals surface area contributed by atoms with E-state index in [9.17, 15) is 4.79 Å². The summed E-state index contributed by atoms with van der Waals surface area (Å²) in [4.78, 5) is 12.8. The number of benzene rings is 3. The molecule has 0 aliphatic heterocycles. The van der Waals surface area contributed by atoms with Crippen LogP contribution in [-0.4, -0.2) is 27.2 Å². The number of ether oxygens (including phenoxy) is 3. The summed E-state index contributed by atoms with van der Waals surface area (Å²) in [6.45, 7) is 3.84. The monoisotopic (exact) mass is 457 g/mol. The fraction of sp³-hybridized carbons (Fsp3) is 0.179. The van der Waals surface area contributed by atoms with Crippen LogP contribution in [0.3, 0.4) is 0 Å². The van der Waals surface area contributed by atoms with E-state index in [4.69, 9.17) is 18.6 Å². The van der Waals surface area contributed by atoms with Crippen LogP contribution in [0.1, 0.15) is 18.1 Å². The summed E-state index contributed by atoms with van der Waals surface area (Å²) < 4.78 is 22.3. The first-order chi connectivity index (χ1) is 16.4. The van der Waals surface area contributed by atoms with Crippen molar-refractivity contribution < 1.29 is 23.4 Å². The Morgan fingerprint density at radius 2 is 1.65 bits per heavy atom. The molecule has 0 unspecified atom stereocenters. The van der Waals surface area contributed by atoms with Gasteiger partial charge < -0.3 is 23.9 Å². The number of methoxy groups -OCH3 is 3. The highest BCUT2D eigenvalue weighted by molar-refractivity contribution is 6.06. The number of rotatable bonds is 7. The zero-order valence-corrected chi connectivity index (χ0v) is 19.9. The second-order valence-corrected chi connectivity index (χ2v) is 7.89. The summed E-state index contributed by atoms with van der Waals surface area (Å²) in [6.07, 6.45) is 3.30. The summed E-state index contributed by atoms with van der Waals surface area (Å²) in [6, 6.07) is 17.1. The molecular weight excluding hydrogens is 430 g/mol. The van der Waals surface area contributed by atoms with E-state index in [2.05, 4.69) is 5.32 Å². The summed E-state index contributed by atoms with van der Waals surface area (Å²) in [5.41, 5.74) is 5.76. The van der Waals surface area contributed by atoms with Crippen LogP contribution in [0.2, 0.25) is 0 Å². The van der Waals surface area contributed by atoms with Crippen molar-refractivity contribution in [3.05, 3.63) is 78.1 Å². The molecule has 0 saturated carbocycles. The van der Waals surface area contributed by atoms with Gasteiger partial charge in [0.05, 0.1) is 27.6 Å². The number of amides is 1. The molecule has 0 saturated heterocycles. The minimum absolute atomic E-state index is 0.245. The van der Waals surface area contributed by atoms with Crippen LogP contribution in [0, 0.1) is 6.92 Å². The third-order valence-corrected chi connectivity index (χ3v) is 5.74. The summed E-state index contributed by atoms with van der Waals surface area (Å²) in [5.74, 6) is 1.86. The van der Waals surface area contributed by atoms with Crippen molar-refractivity contribution in [3.63, 3.8) is 0 Å². The normalized spacial score (nSPS) is 11.4. The Bertz CT molecular complexity index is 1380. The van der Waals surface area contributed by atoms with E-state index < -0.39 is 0 Å². The van der Waals surface area contributed by atoms with E-state index in [1.807, 2.05) is 62.4 Å². The van der Waals surface area contributed by atoms with Crippen molar-refractivity contribution >= 4 is 28.1 Å². The van der Waals surface area contributed by atoms with Gasteiger partial charge in [0.1, 0.15) is 22.8 Å². The van der Waals surface area contributed by atoms with E-state index in [0.29, 0.717) is 17.2 Å². The Kier molecular flexibility index (Phi) is 6.59. The van der Waals surface area contributed by atoms with E-state index in [0.717, 1.165) is 44.5 Å².